The average molecular weight is 402 g/mol. The number of hydrogen-bond donors (Lipinski definition) is 0. The van der Waals surface area contributed by atoms with Gasteiger partial charge in [-0.25, -0.2) is 4.98 Å². The molecular formula is C25H27N3O2. The van der Waals surface area contributed by atoms with Gasteiger partial charge < -0.3 is 9.32 Å². The zero-order chi connectivity index (χ0) is 20.5. The van der Waals surface area contributed by atoms with Crippen LogP contribution in [0.5, 0.6) is 0 Å². The molecule has 154 valence electrons. The van der Waals surface area contributed by atoms with Crippen molar-refractivity contribution in [1.29, 1.82) is 0 Å². The third-order valence-electron chi connectivity index (χ3n) is 6.40. The average Bonchev–Trinajstić information content (AvgIpc) is 3.43. The lowest BCUT2D eigenvalue weighted by Crippen LogP contribution is -2.34. The molecule has 0 aliphatic carbocycles. The molecule has 3 heterocycles. The first kappa shape index (κ1) is 19.1. The molecule has 0 bridgehead atoms. The normalized spacial score (nSPS) is 21.2. The number of nitrogens with zero attached hydrogens (tertiary/aromatic N) is 3. The van der Waals surface area contributed by atoms with Crippen LogP contribution in [0.3, 0.4) is 0 Å². The Balaban J connectivity index is 1.18. The molecule has 2 aliphatic heterocycles. The fraction of sp³-hybridized carbons (Fsp3) is 0.360. The Kier molecular flexibility index (Phi) is 5.13. The van der Waals surface area contributed by atoms with Crippen molar-refractivity contribution in [3.05, 3.63) is 77.7 Å². The fourth-order valence-electron chi connectivity index (χ4n) is 4.82. The Morgan fingerprint density at radius 2 is 1.60 bits per heavy atom. The van der Waals surface area contributed by atoms with Crippen LogP contribution in [-0.2, 0) is 17.8 Å². The van der Waals surface area contributed by atoms with E-state index in [2.05, 4.69) is 40.2 Å². The molecule has 0 N–H and O–H groups in total. The summed E-state index contributed by atoms with van der Waals surface area (Å²) in [6.45, 7) is 6.76. The van der Waals surface area contributed by atoms with Crippen molar-refractivity contribution in [3.8, 4) is 11.5 Å². The minimum Gasteiger partial charge on any atom is -0.441 e. The Morgan fingerprint density at radius 1 is 0.967 bits per heavy atom. The molecule has 3 aromatic rings. The van der Waals surface area contributed by atoms with Crippen LogP contribution in [-0.4, -0.2) is 46.9 Å². The van der Waals surface area contributed by atoms with E-state index in [4.69, 9.17) is 4.42 Å². The first-order valence-electron chi connectivity index (χ1n) is 10.7. The maximum Gasteiger partial charge on any atom is 0.228 e. The number of amides is 1. The van der Waals surface area contributed by atoms with E-state index < -0.39 is 0 Å². The number of aryl methyl sites for hydroxylation is 1. The van der Waals surface area contributed by atoms with Gasteiger partial charge in [0.05, 0.1) is 12.1 Å². The standard InChI is InChI=1S/C25H27N3O2/c1-18-23(26-25(30-18)20-10-6-3-7-11-20)12-24(29)28-16-21-14-27(15-22(21)17-28)13-19-8-4-2-5-9-19/h2-11,21-22H,12-17H2,1H3/t21-,22+. The molecule has 1 amide bonds. The van der Waals surface area contributed by atoms with Crippen LogP contribution >= 0.6 is 0 Å². The summed E-state index contributed by atoms with van der Waals surface area (Å²) in [5.74, 6) is 2.64. The molecule has 5 nitrogen and oxygen atoms in total. The van der Waals surface area contributed by atoms with E-state index >= 15 is 0 Å². The van der Waals surface area contributed by atoms with E-state index in [0.29, 0.717) is 24.1 Å². The Bertz CT molecular complexity index is 1000. The van der Waals surface area contributed by atoms with Crippen molar-refractivity contribution in [2.24, 2.45) is 11.8 Å². The first-order valence-corrected chi connectivity index (χ1v) is 10.7. The van der Waals surface area contributed by atoms with Crippen LogP contribution in [0.2, 0.25) is 0 Å². The van der Waals surface area contributed by atoms with Crippen molar-refractivity contribution in [3.63, 3.8) is 0 Å². The number of carbonyl (C=O) groups is 1. The second-order valence-electron chi connectivity index (χ2n) is 8.56. The molecule has 1 aromatic heterocycles. The van der Waals surface area contributed by atoms with Gasteiger partial charge in [0.1, 0.15) is 5.76 Å². The number of likely N-dealkylation sites (tertiary alicyclic amines) is 2. The molecule has 0 unspecified atom stereocenters. The van der Waals surface area contributed by atoms with Crippen molar-refractivity contribution in [2.45, 2.75) is 19.9 Å². The van der Waals surface area contributed by atoms with Crippen molar-refractivity contribution >= 4 is 5.91 Å². The van der Waals surface area contributed by atoms with Gasteiger partial charge in [-0.15, -0.1) is 0 Å². The number of oxazole rings is 1. The lowest BCUT2D eigenvalue weighted by molar-refractivity contribution is -0.129. The summed E-state index contributed by atoms with van der Waals surface area (Å²) < 4.78 is 5.82. The molecule has 2 aromatic carbocycles. The molecule has 2 fully saturated rings. The fourth-order valence-corrected chi connectivity index (χ4v) is 4.82. The van der Waals surface area contributed by atoms with Crippen LogP contribution in [0.25, 0.3) is 11.5 Å². The predicted octanol–water partition coefficient (Wildman–Crippen LogP) is 3.78. The third kappa shape index (κ3) is 3.90. The number of rotatable bonds is 5. The Morgan fingerprint density at radius 3 is 2.27 bits per heavy atom. The summed E-state index contributed by atoms with van der Waals surface area (Å²) in [5, 5.41) is 0. The van der Waals surface area contributed by atoms with E-state index in [1.165, 1.54) is 5.56 Å². The highest BCUT2D eigenvalue weighted by molar-refractivity contribution is 5.79. The number of carbonyl (C=O) groups excluding carboxylic acids is 1. The molecule has 0 saturated carbocycles. The van der Waals surface area contributed by atoms with Gasteiger partial charge >= 0.3 is 0 Å². The first-order chi connectivity index (χ1) is 14.7. The molecule has 5 heteroatoms. The summed E-state index contributed by atoms with van der Waals surface area (Å²) in [4.78, 5) is 22.1. The molecule has 0 radical (unpaired) electrons. The highest BCUT2D eigenvalue weighted by Crippen LogP contribution is 2.32. The minimum atomic E-state index is 0.162. The Hall–Kier alpha value is -2.92. The van der Waals surface area contributed by atoms with E-state index in [1.807, 2.05) is 42.2 Å². The van der Waals surface area contributed by atoms with Gasteiger partial charge in [0.2, 0.25) is 11.8 Å². The second kappa shape index (κ2) is 8.07. The van der Waals surface area contributed by atoms with Crippen molar-refractivity contribution in [2.75, 3.05) is 26.2 Å². The van der Waals surface area contributed by atoms with E-state index in [1.54, 1.807) is 0 Å². The van der Waals surface area contributed by atoms with Crippen LogP contribution < -0.4 is 0 Å². The van der Waals surface area contributed by atoms with Crippen molar-refractivity contribution < 1.29 is 9.21 Å². The molecule has 2 atom stereocenters. The Labute approximate surface area is 177 Å². The van der Waals surface area contributed by atoms with E-state index in [9.17, 15) is 4.79 Å². The summed E-state index contributed by atoms with van der Waals surface area (Å²) in [6.07, 6.45) is 0.315. The maximum absolute atomic E-state index is 12.9. The van der Waals surface area contributed by atoms with Gasteiger partial charge in [-0.05, 0) is 36.5 Å². The van der Waals surface area contributed by atoms with E-state index in [-0.39, 0.29) is 5.91 Å². The number of fused-ring (bicyclic) bond motifs is 1. The van der Waals surface area contributed by atoms with Gasteiger partial charge in [-0.3, -0.25) is 9.69 Å². The summed E-state index contributed by atoms with van der Waals surface area (Å²) in [5.41, 5.74) is 3.05. The van der Waals surface area contributed by atoms with Gasteiger partial charge in [-0.1, -0.05) is 48.5 Å². The molecule has 5 rings (SSSR count). The zero-order valence-electron chi connectivity index (χ0n) is 17.3. The van der Waals surface area contributed by atoms with E-state index in [0.717, 1.165) is 49.7 Å². The third-order valence-corrected chi connectivity index (χ3v) is 6.40. The minimum absolute atomic E-state index is 0.162. The number of benzene rings is 2. The van der Waals surface area contributed by atoms with Gasteiger partial charge in [0, 0.05) is 38.3 Å². The second-order valence-corrected chi connectivity index (χ2v) is 8.56. The summed E-state index contributed by atoms with van der Waals surface area (Å²) in [6, 6.07) is 20.5. The van der Waals surface area contributed by atoms with Crippen molar-refractivity contribution in [1.82, 2.24) is 14.8 Å². The summed E-state index contributed by atoms with van der Waals surface area (Å²) >= 11 is 0. The van der Waals surface area contributed by atoms with Crippen LogP contribution in [0, 0.1) is 18.8 Å². The molecular weight excluding hydrogens is 374 g/mol. The van der Waals surface area contributed by atoms with Gasteiger partial charge in [0.15, 0.2) is 0 Å². The smallest absolute Gasteiger partial charge is 0.228 e. The largest absolute Gasteiger partial charge is 0.441 e. The molecule has 2 saturated heterocycles. The molecule has 30 heavy (non-hydrogen) atoms. The molecule has 2 aliphatic rings. The quantitative estimate of drug-likeness (QED) is 0.653. The van der Waals surface area contributed by atoms with Crippen LogP contribution in [0.1, 0.15) is 17.0 Å². The maximum atomic E-state index is 12.9. The lowest BCUT2D eigenvalue weighted by Gasteiger charge is -2.21. The zero-order valence-corrected chi connectivity index (χ0v) is 17.3. The number of hydrogen-bond acceptors (Lipinski definition) is 4. The topological polar surface area (TPSA) is 49.6 Å². The number of aromatic nitrogens is 1. The highest BCUT2D eigenvalue weighted by atomic mass is 16.4. The lowest BCUT2D eigenvalue weighted by atomic mass is 10.0. The molecule has 0 spiro atoms. The van der Waals surface area contributed by atoms with Crippen LogP contribution in [0.15, 0.2) is 65.1 Å². The summed E-state index contributed by atoms with van der Waals surface area (Å²) in [7, 11) is 0. The SMILES string of the molecule is Cc1oc(-c2ccccc2)nc1CC(=O)N1C[C@H]2CN(Cc3ccccc3)C[C@H]2C1. The van der Waals surface area contributed by atoms with Gasteiger partial charge in [0.25, 0.3) is 0 Å². The monoisotopic (exact) mass is 401 g/mol. The van der Waals surface area contributed by atoms with Crippen LogP contribution in [0.4, 0.5) is 0 Å². The predicted molar refractivity (Wildman–Crippen MR) is 116 cm³/mol. The van der Waals surface area contributed by atoms with Gasteiger partial charge in [-0.2, -0.15) is 0 Å². The highest BCUT2D eigenvalue weighted by Gasteiger charge is 2.41.